The van der Waals surface area contributed by atoms with Gasteiger partial charge in [-0.1, -0.05) is 12.1 Å². The van der Waals surface area contributed by atoms with Gasteiger partial charge in [-0.15, -0.1) is 22.7 Å². The molecule has 0 bridgehead atoms. The number of carbonyl (C=O) groups is 4. The first-order valence-corrected chi connectivity index (χ1v) is 13.8. The zero-order valence-electron chi connectivity index (χ0n) is 21.1. The van der Waals surface area contributed by atoms with Gasteiger partial charge in [0.05, 0.1) is 40.1 Å². The number of ether oxygens (including phenoxy) is 2. The smallest absolute Gasteiger partial charge is 0.303 e. The second-order valence-electron chi connectivity index (χ2n) is 8.87. The fraction of sp³-hybridized carbons (Fsp3) is 0.321. The molecule has 0 saturated carbocycles. The Morgan fingerprint density at radius 1 is 0.895 bits per heavy atom. The number of carboxylic acid groups (broad SMARTS) is 1. The molecule has 3 heterocycles. The molecule has 38 heavy (non-hydrogen) atoms. The Hall–Kier alpha value is -3.63. The van der Waals surface area contributed by atoms with Crippen LogP contribution in [0.3, 0.4) is 0 Å². The number of ketones is 3. The van der Waals surface area contributed by atoms with Crippen LogP contribution in [0.4, 0.5) is 0 Å². The SMILES string of the molecule is COc1cc2sc(C(=O)CCC(C)=O)cc2nc1OCCCc1ccc2sc(C(=O)CCC(=O)O)cc2c1. The molecule has 0 unspecified atom stereocenters. The molecule has 0 spiro atoms. The molecule has 1 N–H and O–H groups in total. The summed E-state index contributed by atoms with van der Waals surface area (Å²) >= 11 is 2.70. The Kier molecular flexibility index (Phi) is 8.85. The number of aliphatic carboxylic acids is 1. The number of carboxylic acids is 1. The molecule has 0 saturated heterocycles. The molecule has 0 aliphatic heterocycles. The largest absolute Gasteiger partial charge is 0.491 e. The predicted molar refractivity (Wildman–Crippen MR) is 147 cm³/mol. The zero-order chi connectivity index (χ0) is 27.2. The molecule has 3 aromatic heterocycles. The van der Waals surface area contributed by atoms with E-state index in [0.29, 0.717) is 33.5 Å². The van der Waals surface area contributed by atoms with E-state index in [2.05, 4.69) is 4.98 Å². The van der Waals surface area contributed by atoms with Crippen LogP contribution in [0.15, 0.2) is 36.4 Å². The van der Waals surface area contributed by atoms with Gasteiger partial charge in [-0.2, -0.15) is 0 Å². The van der Waals surface area contributed by atoms with Crippen molar-refractivity contribution in [2.24, 2.45) is 0 Å². The average molecular weight is 554 g/mol. The van der Waals surface area contributed by atoms with Gasteiger partial charge in [-0.3, -0.25) is 14.4 Å². The summed E-state index contributed by atoms with van der Waals surface area (Å²) in [6.45, 7) is 1.88. The van der Waals surface area contributed by atoms with Gasteiger partial charge in [-0.05, 0) is 48.9 Å². The number of aromatic nitrogens is 1. The fourth-order valence-electron chi connectivity index (χ4n) is 3.91. The summed E-state index contributed by atoms with van der Waals surface area (Å²) in [5.74, 6) is -0.379. The fourth-order valence-corrected chi connectivity index (χ4v) is 5.91. The van der Waals surface area contributed by atoms with Crippen LogP contribution in [-0.4, -0.2) is 47.1 Å². The van der Waals surface area contributed by atoms with Gasteiger partial charge in [0.25, 0.3) is 5.88 Å². The van der Waals surface area contributed by atoms with Crippen LogP contribution in [-0.2, 0) is 16.0 Å². The molecule has 0 amide bonds. The number of rotatable bonds is 14. The number of nitrogens with zero attached hydrogens (tertiary/aromatic N) is 1. The van der Waals surface area contributed by atoms with E-state index < -0.39 is 5.97 Å². The molecule has 0 radical (unpaired) electrons. The molecule has 4 aromatic rings. The minimum atomic E-state index is -0.979. The van der Waals surface area contributed by atoms with Crippen LogP contribution < -0.4 is 9.47 Å². The Morgan fingerprint density at radius 2 is 1.61 bits per heavy atom. The summed E-state index contributed by atoms with van der Waals surface area (Å²) in [4.78, 5) is 52.3. The topological polar surface area (TPSA) is 120 Å². The maximum Gasteiger partial charge on any atom is 0.303 e. The standard InChI is InChI=1S/C28H27NO7S2/c1-16(30)5-7-20(31)26-14-19-24(38-26)15-22(35-2)28(29-19)36-11-3-4-17-6-9-23-18(12-17)13-25(37-23)21(32)8-10-27(33)34/h6,9,12-15H,3-5,7-8,10-11H2,1-2H3,(H,33,34). The first-order valence-electron chi connectivity index (χ1n) is 12.1. The van der Waals surface area contributed by atoms with E-state index in [1.54, 1.807) is 13.2 Å². The molecule has 0 aliphatic carbocycles. The lowest BCUT2D eigenvalue weighted by atomic mass is 10.1. The highest BCUT2D eigenvalue weighted by Gasteiger charge is 2.16. The number of aryl methyl sites for hydroxylation is 1. The van der Waals surface area contributed by atoms with Crippen LogP contribution in [0.25, 0.3) is 20.3 Å². The molecule has 4 rings (SSSR count). The Morgan fingerprint density at radius 3 is 2.32 bits per heavy atom. The van der Waals surface area contributed by atoms with Gasteiger partial charge in [0.2, 0.25) is 0 Å². The van der Waals surface area contributed by atoms with Gasteiger partial charge >= 0.3 is 5.97 Å². The number of pyridine rings is 1. The van der Waals surface area contributed by atoms with Gasteiger partial charge in [0, 0.05) is 30.0 Å². The molecule has 10 heteroatoms. The summed E-state index contributed by atoms with van der Waals surface area (Å²) in [5, 5.41) is 9.76. The molecule has 198 valence electrons. The van der Waals surface area contributed by atoms with E-state index in [1.165, 1.54) is 29.6 Å². The van der Waals surface area contributed by atoms with E-state index in [-0.39, 0.29) is 43.0 Å². The second-order valence-corrected chi connectivity index (χ2v) is 11.0. The number of fused-ring (bicyclic) bond motifs is 2. The number of benzene rings is 1. The molecule has 0 atom stereocenters. The van der Waals surface area contributed by atoms with Gasteiger partial charge in [-0.25, -0.2) is 4.98 Å². The second kappa shape index (κ2) is 12.3. The summed E-state index contributed by atoms with van der Waals surface area (Å²) in [6, 6.07) is 11.4. The number of Topliss-reactive ketones (excluding diaryl/α,β-unsaturated/α-hetero) is 3. The van der Waals surface area contributed by atoms with E-state index >= 15 is 0 Å². The number of hydrogen-bond acceptors (Lipinski definition) is 9. The lowest BCUT2D eigenvalue weighted by molar-refractivity contribution is -0.137. The number of methoxy groups -OCH3 is 1. The molecule has 0 aliphatic rings. The minimum Gasteiger partial charge on any atom is -0.491 e. The van der Waals surface area contributed by atoms with Crippen molar-refractivity contribution in [2.45, 2.75) is 45.4 Å². The maximum atomic E-state index is 12.4. The van der Waals surface area contributed by atoms with Crippen molar-refractivity contribution in [1.82, 2.24) is 4.98 Å². The molecule has 1 aromatic carbocycles. The maximum absolute atomic E-state index is 12.4. The van der Waals surface area contributed by atoms with Crippen LogP contribution in [0.2, 0.25) is 0 Å². The van der Waals surface area contributed by atoms with Gasteiger partial charge in [0.15, 0.2) is 17.3 Å². The molecule has 0 fully saturated rings. The molecular weight excluding hydrogens is 526 g/mol. The van der Waals surface area contributed by atoms with Crippen molar-refractivity contribution < 1.29 is 33.8 Å². The third-order valence-electron chi connectivity index (χ3n) is 5.90. The van der Waals surface area contributed by atoms with Crippen molar-refractivity contribution in [1.29, 1.82) is 0 Å². The minimum absolute atomic E-state index is 0.00148. The normalized spacial score (nSPS) is 11.1. The van der Waals surface area contributed by atoms with Crippen molar-refractivity contribution in [3.63, 3.8) is 0 Å². The summed E-state index contributed by atoms with van der Waals surface area (Å²) in [6.07, 6.45) is 1.72. The third-order valence-corrected chi connectivity index (χ3v) is 8.17. The van der Waals surface area contributed by atoms with E-state index in [9.17, 15) is 19.2 Å². The Bertz CT molecular complexity index is 1520. The van der Waals surface area contributed by atoms with Crippen molar-refractivity contribution in [3.05, 3.63) is 51.7 Å². The molecular formula is C28H27NO7S2. The number of thiophene rings is 2. The highest BCUT2D eigenvalue weighted by molar-refractivity contribution is 7.21. The van der Waals surface area contributed by atoms with Crippen LogP contribution in [0.5, 0.6) is 11.6 Å². The lowest BCUT2D eigenvalue weighted by Crippen LogP contribution is -2.02. The van der Waals surface area contributed by atoms with Crippen molar-refractivity contribution >= 4 is 66.3 Å². The van der Waals surface area contributed by atoms with Gasteiger partial charge in [0.1, 0.15) is 5.78 Å². The predicted octanol–water partition coefficient (Wildman–Crippen LogP) is 6.13. The summed E-state index contributed by atoms with van der Waals surface area (Å²) < 4.78 is 13.2. The number of carbonyl (C=O) groups excluding carboxylic acids is 3. The van der Waals surface area contributed by atoms with Crippen molar-refractivity contribution in [3.8, 4) is 11.6 Å². The Labute approximate surface area is 227 Å². The Balaban J connectivity index is 1.36. The summed E-state index contributed by atoms with van der Waals surface area (Å²) in [5.41, 5.74) is 1.75. The monoisotopic (exact) mass is 553 g/mol. The van der Waals surface area contributed by atoms with Crippen molar-refractivity contribution in [2.75, 3.05) is 13.7 Å². The van der Waals surface area contributed by atoms with Crippen LogP contribution in [0.1, 0.15) is 63.9 Å². The van der Waals surface area contributed by atoms with Gasteiger partial charge < -0.3 is 19.4 Å². The van der Waals surface area contributed by atoms with Crippen LogP contribution in [0, 0.1) is 0 Å². The lowest BCUT2D eigenvalue weighted by Gasteiger charge is -2.10. The quantitative estimate of drug-likeness (QED) is 0.146. The highest BCUT2D eigenvalue weighted by atomic mass is 32.1. The highest BCUT2D eigenvalue weighted by Crippen LogP contribution is 2.34. The van der Waals surface area contributed by atoms with E-state index in [1.807, 2.05) is 30.3 Å². The zero-order valence-corrected chi connectivity index (χ0v) is 22.7. The van der Waals surface area contributed by atoms with E-state index in [4.69, 9.17) is 14.6 Å². The first-order chi connectivity index (χ1) is 18.2. The third kappa shape index (κ3) is 6.81. The average Bonchev–Trinajstić information content (AvgIpc) is 3.51. The van der Waals surface area contributed by atoms with Crippen LogP contribution >= 0.6 is 22.7 Å². The summed E-state index contributed by atoms with van der Waals surface area (Å²) in [7, 11) is 1.54. The number of hydrogen-bond donors (Lipinski definition) is 1. The first kappa shape index (κ1) is 27.4. The molecule has 8 nitrogen and oxygen atoms in total. The van der Waals surface area contributed by atoms with E-state index in [0.717, 1.165) is 33.2 Å².